The molecule has 2 aromatic carbocycles. The summed E-state index contributed by atoms with van der Waals surface area (Å²) in [5, 5.41) is 5.92. The van der Waals surface area contributed by atoms with Crippen molar-refractivity contribution >= 4 is 24.0 Å². The molecule has 0 atom stereocenters. The molecule has 2 N–H and O–H groups in total. The summed E-state index contributed by atoms with van der Waals surface area (Å²) in [4.78, 5) is 12.0. The first-order chi connectivity index (χ1) is 11.9. The summed E-state index contributed by atoms with van der Waals surface area (Å²) < 4.78 is 42.7. The van der Waals surface area contributed by atoms with Crippen LogP contribution in [0.3, 0.4) is 0 Å². The fourth-order valence-corrected chi connectivity index (χ4v) is 2.13. The maximum atomic E-state index is 12.5. The predicted molar refractivity (Wildman–Crippen MR) is 96.6 cm³/mol. The normalized spacial score (nSPS) is 10.8. The minimum Gasteiger partial charge on any atom is -0.484 e. The van der Waals surface area contributed by atoms with Gasteiger partial charge in [0.1, 0.15) is 5.75 Å². The first kappa shape index (κ1) is 21.8. The first-order valence-electron chi connectivity index (χ1n) is 7.78. The first-order valence-corrected chi connectivity index (χ1v) is 7.78. The molecular formula is C18H20ClF3N2O2. The zero-order valence-electron chi connectivity index (χ0n) is 14.1. The van der Waals surface area contributed by atoms with Crippen LogP contribution in [0.2, 0.25) is 0 Å². The Balaban J connectivity index is 0.00000338. The second-order valence-electron chi connectivity index (χ2n) is 5.30. The molecule has 0 heterocycles. The summed E-state index contributed by atoms with van der Waals surface area (Å²) in [6.07, 6.45) is -4.40. The van der Waals surface area contributed by atoms with Crippen molar-refractivity contribution < 1.29 is 22.7 Å². The molecule has 0 saturated carbocycles. The summed E-state index contributed by atoms with van der Waals surface area (Å²) in [7, 11) is 0. The lowest BCUT2D eigenvalue weighted by atomic mass is 10.1. The number of hydrogen-bond donors (Lipinski definition) is 2. The van der Waals surface area contributed by atoms with Gasteiger partial charge in [-0.25, -0.2) is 0 Å². The van der Waals surface area contributed by atoms with E-state index in [1.54, 1.807) is 6.07 Å². The molecule has 0 radical (unpaired) electrons. The van der Waals surface area contributed by atoms with Crippen molar-refractivity contribution in [1.29, 1.82) is 0 Å². The van der Waals surface area contributed by atoms with Gasteiger partial charge in [-0.15, -0.1) is 12.4 Å². The maximum absolute atomic E-state index is 12.5. The highest BCUT2D eigenvalue weighted by Gasteiger charge is 2.30. The second-order valence-corrected chi connectivity index (χ2v) is 5.30. The highest BCUT2D eigenvalue weighted by molar-refractivity contribution is 5.92. The van der Waals surface area contributed by atoms with E-state index < -0.39 is 11.7 Å². The fourth-order valence-electron chi connectivity index (χ4n) is 2.13. The average Bonchev–Trinajstić information content (AvgIpc) is 2.59. The van der Waals surface area contributed by atoms with Crippen LogP contribution in [0.1, 0.15) is 18.1 Å². The topological polar surface area (TPSA) is 50.4 Å². The zero-order chi connectivity index (χ0) is 18.3. The van der Waals surface area contributed by atoms with Crippen LogP contribution in [0.5, 0.6) is 5.75 Å². The van der Waals surface area contributed by atoms with Crippen LogP contribution >= 0.6 is 12.4 Å². The third-order valence-electron chi connectivity index (χ3n) is 3.41. The number of rotatable bonds is 7. The van der Waals surface area contributed by atoms with Crippen LogP contribution in [0.4, 0.5) is 18.9 Å². The summed E-state index contributed by atoms with van der Waals surface area (Å²) >= 11 is 0. The lowest BCUT2D eigenvalue weighted by Gasteiger charge is -2.12. The Kier molecular flexibility index (Phi) is 8.41. The van der Waals surface area contributed by atoms with Crippen LogP contribution in [0, 0.1) is 0 Å². The molecule has 142 valence electrons. The van der Waals surface area contributed by atoms with Gasteiger partial charge in [0.05, 0.1) is 5.56 Å². The number of halogens is 4. The molecule has 0 aliphatic rings. The van der Waals surface area contributed by atoms with Crippen LogP contribution in [0.25, 0.3) is 0 Å². The van der Waals surface area contributed by atoms with Crippen molar-refractivity contribution in [3.63, 3.8) is 0 Å². The lowest BCUT2D eigenvalue weighted by molar-refractivity contribution is -0.137. The van der Waals surface area contributed by atoms with Crippen molar-refractivity contribution in [3.8, 4) is 5.75 Å². The van der Waals surface area contributed by atoms with E-state index in [2.05, 4.69) is 10.6 Å². The molecular weight excluding hydrogens is 369 g/mol. The van der Waals surface area contributed by atoms with Gasteiger partial charge in [0.25, 0.3) is 5.91 Å². The quantitative estimate of drug-likeness (QED) is 0.745. The largest absolute Gasteiger partial charge is 0.484 e. The van der Waals surface area contributed by atoms with E-state index in [4.69, 9.17) is 4.74 Å². The minimum absolute atomic E-state index is 0. The van der Waals surface area contributed by atoms with Gasteiger partial charge in [-0.2, -0.15) is 13.2 Å². The second kappa shape index (κ2) is 10.0. The maximum Gasteiger partial charge on any atom is 0.416 e. The number of hydrogen-bond acceptors (Lipinski definition) is 3. The average molecular weight is 389 g/mol. The molecule has 0 spiro atoms. The number of alkyl halides is 3. The number of carbonyl (C=O) groups is 1. The van der Waals surface area contributed by atoms with E-state index >= 15 is 0 Å². The third-order valence-corrected chi connectivity index (χ3v) is 3.41. The molecule has 2 rings (SSSR count). The van der Waals surface area contributed by atoms with Gasteiger partial charge in [-0.05, 0) is 42.4 Å². The zero-order valence-corrected chi connectivity index (χ0v) is 14.9. The Morgan fingerprint density at radius 1 is 1.08 bits per heavy atom. The van der Waals surface area contributed by atoms with Crippen molar-refractivity contribution in [2.45, 2.75) is 19.6 Å². The van der Waals surface area contributed by atoms with Gasteiger partial charge in [-0.1, -0.05) is 25.1 Å². The van der Waals surface area contributed by atoms with Gasteiger partial charge >= 0.3 is 6.18 Å². The molecule has 0 aromatic heterocycles. The molecule has 26 heavy (non-hydrogen) atoms. The highest BCUT2D eigenvalue weighted by Crippen LogP contribution is 2.30. The number of carbonyl (C=O) groups excluding carboxylic acids is 1. The van der Waals surface area contributed by atoms with Gasteiger partial charge in [-0.3, -0.25) is 4.79 Å². The molecule has 0 fully saturated rings. The van der Waals surface area contributed by atoms with Crippen LogP contribution < -0.4 is 15.4 Å². The van der Waals surface area contributed by atoms with Crippen LogP contribution in [-0.2, 0) is 17.5 Å². The molecule has 2 aromatic rings. The van der Waals surface area contributed by atoms with Gasteiger partial charge in [0.15, 0.2) is 6.61 Å². The number of nitrogens with one attached hydrogen (secondary N) is 2. The van der Waals surface area contributed by atoms with Crippen molar-refractivity contribution in [3.05, 3.63) is 59.7 Å². The van der Waals surface area contributed by atoms with E-state index in [1.807, 2.05) is 25.1 Å². The van der Waals surface area contributed by atoms with E-state index in [0.717, 1.165) is 24.2 Å². The molecule has 1 amide bonds. The van der Waals surface area contributed by atoms with Crippen molar-refractivity contribution in [2.24, 2.45) is 0 Å². The smallest absolute Gasteiger partial charge is 0.416 e. The van der Waals surface area contributed by atoms with Gasteiger partial charge in [0.2, 0.25) is 0 Å². The third kappa shape index (κ3) is 6.57. The number of anilines is 1. The summed E-state index contributed by atoms with van der Waals surface area (Å²) in [5.41, 5.74) is 0.846. The molecule has 0 bridgehead atoms. The molecule has 0 aliphatic heterocycles. The van der Waals surface area contributed by atoms with Gasteiger partial charge < -0.3 is 15.4 Å². The number of ether oxygens (including phenoxy) is 1. The Hall–Kier alpha value is -2.25. The monoisotopic (exact) mass is 388 g/mol. The van der Waals surface area contributed by atoms with Gasteiger partial charge in [0, 0.05) is 12.2 Å². The number of para-hydroxylation sites is 1. The SMILES string of the molecule is CCNCc1ccccc1NC(=O)COc1ccc(C(F)(F)F)cc1.Cl. The molecule has 8 heteroatoms. The van der Waals surface area contributed by atoms with Crippen LogP contribution in [0.15, 0.2) is 48.5 Å². The van der Waals surface area contributed by atoms with Crippen molar-refractivity contribution in [2.75, 3.05) is 18.5 Å². The predicted octanol–water partition coefficient (Wildman–Crippen LogP) is 4.25. The van der Waals surface area contributed by atoms with E-state index in [9.17, 15) is 18.0 Å². The van der Waals surface area contributed by atoms with Crippen molar-refractivity contribution in [1.82, 2.24) is 5.32 Å². The Morgan fingerprint density at radius 2 is 1.73 bits per heavy atom. The van der Waals surface area contributed by atoms with E-state index in [-0.39, 0.29) is 30.7 Å². The Bertz CT molecular complexity index is 706. The van der Waals surface area contributed by atoms with Crippen LogP contribution in [-0.4, -0.2) is 19.1 Å². The summed E-state index contributed by atoms with van der Waals surface area (Å²) in [6.45, 7) is 3.12. The minimum atomic E-state index is -4.40. The van der Waals surface area contributed by atoms with E-state index in [1.165, 1.54) is 12.1 Å². The number of amides is 1. The fraction of sp³-hybridized carbons (Fsp3) is 0.278. The highest BCUT2D eigenvalue weighted by atomic mass is 35.5. The molecule has 0 saturated heterocycles. The molecule has 0 aliphatic carbocycles. The summed E-state index contributed by atoms with van der Waals surface area (Å²) in [6, 6.07) is 11.6. The summed E-state index contributed by atoms with van der Waals surface area (Å²) in [5.74, 6) is -0.187. The molecule has 0 unspecified atom stereocenters. The standard InChI is InChI=1S/C18H19F3N2O2.ClH/c1-2-22-11-13-5-3-4-6-16(13)23-17(24)12-25-15-9-7-14(8-10-15)18(19,20)21;/h3-10,22H,2,11-12H2,1H3,(H,23,24);1H. The van der Waals surface area contributed by atoms with E-state index in [0.29, 0.717) is 12.2 Å². The Labute approximate surface area is 156 Å². The lowest BCUT2D eigenvalue weighted by Crippen LogP contribution is -2.22. The Morgan fingerprint density at radius 3 is 2.35 bits per heavy atom. The molecule has 4 nitrogen and oxygen atoms in total. The number of benzene rings is 2.